The van der Waals surface area contributed by atoms with Crippen LogP contribution in [0.25, 0.3) is 5.82 Å². The van der Waals surface area contributed by atoms with E-state index in [2.05, 4.69) is 15.1 Å². The molecule has 0 N–H and O–H groups in total. The molecule has 0 fully saturated rings. The Balaban J connectivity index is 2.39. The average Bonchev–Trinajstić information content (AvgIpc) is 2.65. The normalized spacial score (nSPS) is 11.8. The zero-order chi connectivity index (χ0) is 11.8. The van der Waals surface area contributed by atoms with Gasteiger partial charge in [-0.15, -0.1) is 0 Å². The summed E-state index contributed by atoms with van der Waals surface area (Å²) in [5.74, 6) is 0.128. The molecule has 8 heteroatoms. The molecule has 0 unspecified atom stereocenters. The number of rotatable bonds is 1. The fourth-order valence-corrected chi connectivity index (χ4v) is 1.19. The van der Waals surface area contributed by atoms with Gasteiger partial charge in [0, 0.05) is 6.20 Å². The van der Waals surface area contributed by atoms with Crippen molar-refractivity contribution in [1.29, 1.82) is 0 Å². The Labute approximate surface area is 92.7 Å². The quantitative estimate of drug-likeness (QED) is 0.778. The molecular formula is C8H4ClF3N4. The number of alkyl halides is 3. The van der Waals surface area contributed by atoms with Crippen LogP contribution in [0, 0.1) is 0 Å². The summed E-state index contributed by atoms with van der Waals surface area (Å²) in [5, 5.41) is 3.41. The summed E-state index contributed by atoms with van der Waals surface area (Å²) < 4.78 is 37.7. The second kappa shape index (κ2) is 3.75. The van der Waals surface area contributed by atoms with Crippen molar-refractivity contribution in [1.82, 2.24) is 19.7 Å². The summed E-state index contributed by atoms with van der Waals surface area (Å²) in [4.78, 5) is 7.47. The van der Waals surface area contributed by atoms with Gasteiger partial charge in [-0.3, -0.25) is 4.98 Å². The molecule has 0 aliphatic heterocycles. The van der Waals surface area contributed by atoms with Crippen molar-refractivity contribution in [3.8, 4) is 5.82 Å². The maximum atomic E-state index is 12.3. The van der Waals surface area contributed by atoms with E-state index >= 15 is 0 Å². The van der Waals surface area contributed by atoms with Crippen LogP contribution in [0.2, 0.25) is 5.15 Å². The van der Waals surface area contributed by atoms with Crippen molar-refractivity contribution >= 4 is 11.6 Å². The molecule has 4 nitrogen and oxygen atoms in total. The fraction of sp³-hybridized carbons (Fsp3) is 0.125. The van der Waals surface area contributed by atoms with Crippen LogP contribution in [0.15, 0.2) is 24.7 Å². The molecular weight excluding hydrogens is 245 g/mol. The Kier molecular flexibility index (Phi) is 2.55. The van der Waals surface area contributed by atoms with Gasteiger partial charge in [0.2, 0.25) is 0 Å². The molecule has 0 amide bonds. The van der Waals surface area contributed by atoms with Gasteiger partial charge in [0.05, 0.1) is 12.4 Å². The molecule has 0 aromatic carbocycles. The van der Waals surface area contributed by atoms with Crippen LogP contribution in [-0.4, -0.2) is 19.7 Å². The first-order chi connectivity index (χ1) is 7.47. The minimum atomic E-state index is -4.47. The Hall–Kier alpha value is -1.63. The lowest BCUT2D eigenvalue weighted by molar-refractivity contribution is -0.141. The van der Waals surface area contributed by atoms with E-state index in [-0.39, 0.29) is 11.0 Å². The Morgan fingerprint density at radius 1 is 1.25 bits per heavy atom. The lowest BCUT2D eigenvalue weighted by Crippen LogP contribution is -2.07. The van der Waals surface area contributed by atoms with E-state index in [0.29, 0.717) is 0 Å². The summed E-state index contributed by atoms with van der Waals surface area (Å²) in [5.41, 5.74) is -0.991. The zero-order valence-corrected chi connectivity index (χ0v) is 8.37. The van der Waals surface area contributed by atoms with E-state index in [1.165, 1.54) is 12.4 Å². The van der Waals surface area contributed by atoms with Gasteiger partial charge in [0.15, 0.2) is 11.5 Å². The highest BCUT2D eigenvalue weighted by atomic mass is 35.5. The third kappa shape index (κ3) is 2.13. The van der Waals surface area contributed by atoms with E-state index < -0.39 is 11.9 Å². The molecule has 2 heterocycles. The van der Waals surface area contributed by atoms with Gasteiger partial charge in [0.1, 0.15) is 5.15 Å². The zero-order valence-electron chi connectivity index (χ0n) is 7.61. The Morgan fingerprint density at radius 3 is 2.56 bits per heavy atom. The van der Waals surface area contributed by atoms with Crippen LogP contribution >= 0.6 is 11.6 Å². The number of halogens is 4. The smallest absolute Gasteiger partial charge is 0.258 e. The lowest BCUT2D eigenvalue weighted by atomic mass is 10.4. The van der Waals surface area contributed by atoms with Crippen molar-refractivity contribution in [3.05, 3.63) is 35.5 Å². The van der Waals surface area contributed by atoms with Crippen LogP contribution in [0.4, 0.5) is 13.2 Å². The van der Waals surface area contributed by atoms with E-state index in [4.69, 9.17) is 11.6 Å². The average molecular weight is 249 g/mol. The van der Waals surface area contributed by atoms with Gasteiger partial charge < -0.3 is 0 Å². The number of hydrogen-bond donors (Lipinski definition) is 0. The van der Waals surface area contributed by atoms with Gasteiger partial charge in [-0.05, 0) is 6.07 Å². The molecule has 0 saturated carbocycles. The standard InChI is InChI=1S/C8H4ClF3N4/c9-6-3-13-4-7(14-6)16-2-1-5(15-16)8(10,11)12/h1-4H. The number of hydrogen-bond acceptors (Lipinski definition) is 3. The predicted octanol–water partition coefficient (Wildman–Crippen LogP) is 2.33. The summed E-state index contributed by atoms with van der Waals surface area (Å²) in [6, 6.07) is 0.850. The lowest BCUT2D eigenvalue weighted by Gasteiger charge is -2.01. The molecule has 0 aliphatic carbocycles. The van der Waals surface area contributed by atoms with E-state index in [9.17, 15) is 13.2 Å². The first-order valence-corrected chi connectivity index (χ1v) is 4.45. The molecule has 0 saturated heterocycles. The molecule has 0 aliphatic rings. The van der Waals surface area contributed by atoms with E-state index in [1.54, 1.807) is 0 Å². The maximum Gasteiger partial charge on any atom is 0.435 e. The molecule has 0 radical (unpaired) electrons. The molecule has 2 aromatic heterocycles. The minimum absolute atomic E-state index is 0.0848. The number of nitrogens with zero attached hydrogens (tertiary/aromatic N) is 4. The second-order valence-corrected chi connectivity index (χ2v) is 3.23. The first kappa shape index (κ1) is 10.9. The van der Waals surface area contributed by atoms with Crippen LogP contribution in [-0.2, 0) is 6.18 Å². The van der Waals surface area contributed by atoms with Crippen molar-refractivity contribution in [3.63, 3.8) is 0 Å². The monoisotopic (exact) mass is 248 g/mol. The SMILES string of the molecule is FC(F)(F)c1ccn(-c2cncc(Cl)n2)n1. The van der Waals surface area contributed by atoms with Crippen LogP contribution < -0.4 is 0 Å². The third-order valence-corrected chi connectivity index (χ3v) is 1.89. The Bertz CT molecular complexity index is 508. The van der Waals surface area contributed by atoms with Crippen LogP contribution in [0.3, 0.4) is 0 Å². The predicted molar refractivity (Wildman–Crippen MR) is 49.2 cm³/mol. The molecule has 16 heavy (non-hydrogen) atoms. The topological polar surface area (TPSA) is 43.6 Å². The van der Waals surface area contributed by atoms with Crippen LogP contribution in [0.5, 0.6) is 0 Å². The largest absolute Gasteiger partial charge is 0.435 e. The van der Waals surface area contributed by atoms with E-state index in [0.717, 1.165) is 16.9 Å². The van der Waals surface area contributed by atoms with Gasteiger partial charge in [0.25, 0.3) is 0 Å². The van der Waals surface area contributed by atoms with Crippen molar-refractivity contribution in [2.24, 2.45) is 0 Å². The van der Waals surface area contributed by atoms with E-state index in [1.807, 2.05) is 0 Å². The van der Waals surface area contributed by atoms with Gasteiger partial charge in [-0.1, -0.05) is 11.6 Å². The third-order valence-electron chi connectivity index (χ3n) is 1.71. The first-order valence-electron chi connectivity index (χ1n) is 4.07. The molecule has 0 bridgehead atoms. The summed E-state index contributed by atoms with van der Waals surface area (Å²) in [6.45, 7) is 0. The van der Waals surface area contributed by atoms with Gasteiger partial charge in [-0.25, -0.2) is 9.67 Å². The minimum Gasteiger partial charge on any atom is -0.258 e. The molecule has 0 spiro atoms. The molecule has 84 valence electrons. The van der Waals surface area contributed by atoms with Crippen molar-refractivity contribution in [2.75, 3.05) is 0 Å². The summed E-state index contributed by atoms with van der Waals surface area (Å²) >= 11 is 5.55. The van der Waals surface area contributed by atoms with Gasteiger partial charge >= 0.3 is 6.18 Å². The molecule has 2 aromatic rings. The molecule has 2 rings (SSSR count). The fourth-order valence-electron chi connectivity index (χ4n) is 1.05. The van der Waals surface area contributed by atoms with Crippen LogP contribution in [0.1, 0.15) is 5.69 Å². The summed E-state index contributed by atoms with van der Waals surface area (Å²) in [6.07, 6.45) is -0.793. The van der Waals surface area contributed by atoms with Crippen molar-refractivity contribution in [2.45, 2.75) is 6.18 Å². The second-order valence-electron chi connectivity index (χ2n) is 2.84. The Morgan fingerprint density at radius 2 is 2.00 bits per heavy atom. The molecule has 0 atom stereocenters. The summed E-state index contributed by atoms with van der Waals surface area (Å²) in [7, 11) is 0. The maximum absolute atomic E-state index is 12.3. The highest BCUT2D eigenvalue weighted by molar-refractivity contribution is 6.29. The highest BCUT2D eigenvalue weighted by Gasteiger charge is 2.33. The van der Waals surface area contributed by atoms with Crippen molar-refractivity contribution < 1.29 is 13.2 Å². The highest BCUT2D eigenvalue weighted by Crippen LogP contribution is 2.27. The van der Waals surface area contributed by atoms with Gasteiger partial charge in [-0.2, -0.15) is 18.3 Å². The number of aromatic nitrogens is 4.